The molecule has 0 fully saturated rings. The van der Waals surface area contributed by atoms with Gasteiger partial charge in [0.05, 0.1) is 6.21 Å². The summed E-state index contributed by atoms with van der Waals surface area (Å²) in [5.41, 5.74) is 0.789. The van der Waals surface area contributed by atoms with E-state index in [1.807, 2.05) is 6.92 Å². The fourth-order valence-corrected chi connectivity index (χ4v) is 1.45. The van der Waals surface area contributed by atoms with Crippen LogP contribution in [0.2, 0.25) is 5.02 Å². The van der Waals surface area contributed by atoms with Gasteiger partial charge in [-0.2, -0.15) is 0 Å². The molecule has 0 aliphatic rings. The number of nitrogens with one attached hydrogen (secondary N) is 2. The number of oxime groups is 1. The van der Waals surface area contributed by atoms with Crippen LogP contribution in [0.1, 0.15) is 25.3 Å². The molecule has 0 spiro atoms. The quantitative estimate of drug-likeness (QED) is 0.461. The van der Waals surface area contributed by atoms with Crippen LogP contribution in [0, 0.1) is 0 Å². The molecular formula is C14H18ClN3O3. The Labute approximate surface area is 128 Å². The second-order valence-electron chi connectivity index (χ2n) is 4.22. The van der Waals surface area contributed by atoms with E-state index in [4.69, 9.17) is 16.4 Å². The summed E-state index contributed by atoms with van der Waals surface area (Å²) in [6.07, 6.45) is 3.28. The van der Waals surface area contributed by atoms with Gasteiger partial charge in [0.2, 0.25) is 0 Å². The summed E-state index contributed by atoms with van der Waals surface area (Å²) in [6, 6.07) is 6.43. The number of amides is 3. The third-order valence-corrected chi connectivity index (χ3v) is 2.66. The van der Waals surface area contributed by atoms with Gasteiger partial charge in [-0.3, -0.25) is 10.1 Å². The maximum absolute atomic E-state index is 11.4. The molecule has 2 N–H and O–H groups in total. The second-order valence-corrected chi connectivity index (χ2v) is 4.65. The van der Waals surface area contributed by atoms with Crippen molar-refractivity contribution in [2.45, 2.75) is 19.8 Å². The lowest BCUT2D eigenvalue weighted by molar-refractivity contribution is -0.124. The Balaban J connectivity index is 2.21. The van der Waals surface area contributed by atoms with E-state index < -0.39 is 11.9 Å². The van der Waals surface area contributed by atoms with Crippen molar-refractivity contribution in [2.24, 2.45) is 5.16 Å². The SMILES string of the molecule is CCCCNC(=O)NC(=O)CO/N=C\c1ccc(Cl)cc1. The average molecular weight is 312 g/mol. The van der Waals surface area contributed by atoms with Crippen LogP contribution in [-0.4, -0.2) is 31.3 Å². The average Bonchev–Trinajstić information content (AvgIpc) is 2.46. The zero-order valence-corrected chi connectivity index (χ0v) is 12.5. The largest absolute Gasteiger partial charge is 0.386 e. The number of halogens is 1. The van der Waals surface area contributed by atoms with Gasteiger partial charge in [-0.25, -0.2) is 4.79 Å². The second kappa shape index (κ2) is 9.77. The highest BCUT2D eigenvalue weighted by Crippen LogP contribution is 2.07. The summed E-state index contributed by atoms with van der Waals surface area (Å²) in [6.45, 7) is 2.22. The highest BCUT2D eigenvalue weighted by molar-refractivity contribution is 6.30. The molecule has 21 heavy (non-hydrogen) atoms. The lowest BCUT2D eigenvalue weighted by atomic mass is 10.2. The number of carbonyl (C=O) groups is 2. The Hall–Kier alpha value is -2.08. The third kappa shape index (κ3) is 7.94. The van der Waals surface area contributed by atoms with Crippen molar-refractivity contribution < 1.29 is 14.4 Å². The van der Waals surface area contributed by atoms with Gasteiger partial charge >= 0.3 is 6.03 Å². The molecule has 1 aromatic carbocycles. The van der Waals surface area contributed by atoms with Gasteiger partial charge in [0.1, 0.15) is 0 Å². The monoisotopic (exact) mass is 311 g/mol. The molecule has 6 nitrogen and oxygen atoms in total. The molecule has 0 radical (unpaired) electrons. The standard InChI is InChI=1S/C14H18ClN3O3/c1-2-3-8-16-14(20)18-13(19)10-21-17-9-11-4-6-12(15)7-5-11/h4-7,9H,2-3,8,10H2,1H3,(H2,16,18,19,20)/b17-9-. The van der Waals surface area contributed by atoms with Crippen LogP contribution in [0.25, 0.3) is 0 Å². The molecule has 0 aliphatic carbocycles. The van der Waals surface area contributed by atoms with Gasteiger partial charge in [0, 0.05) is 11.6 Å². The van der Waals surface area contributed by atoms with E-state index in [1.165, 1.54) is 6.21 Å². The minimum atomic E-state index is -0.558. The van der Waals surface area contributed by atoms with Gasteiger partial charge in [0.25, 0.3) is 5.91 Å². The summed E-state index contributed by atoms with van der Waals surface area (Å²) in [7, 11) is 0. The third-order valence-electron chi connectivity index (χ3n) is 2.41. The molecule has 0 heterocycles. The molecule has 3 amide bonds. The summed E-state index contributed by atoms with van der Waals surface area (Å²) in [4.78, 5) is 27.4. The number of urea groups is 1. The molecule has 0 unspecified atom stereocenters. The van der Waals surface area contributed by atoms with Gasteiger partial charge in [0.15, 0.2) is 6.61 Å². The van der Waals surface area contributed by atoms with E-state index in [-0.39, 0.29) is 6.61 Å². The van der Waals surface area contributed by atoms with Crippen LogP contribution in [0.4, 0.5) is 4.79 Å². The van der Waals surface area contributed by atoms with Crippen molar-refractivity contribution in [3.63, 3.8) is 0 Å². The molecule has 0 saturated carbocycles. The van der Waals surface area contributed by atoms with Crippen LogP contribution in [-0.2, 0) is 9.63 Å². The number of nitrogens with zero attached hydrogens (tertiary/aromatic N) is 1. The van der Waals surface area contributed by atoms with E-state index in [2.05, 4.69) is 15.8 Å². The smallest absolute Gasteiger partial charge is 0.321 e. The van der Waals surface area contributed by atoms with Crippen LogP contribution < -0.4 is 10.6 Å². The van der Waals surface area contributed by atoms with Gasteiger partial charge in [-0.1, -0.05) is 42.2 Å². The van der Waals surface area contributed by atoms with E-state index in [0.29, 0.717) is 11.6 Å². The van der Waals surface area contributed by atoms with E-state index >= 15 is 0 Å². The number of benzene rings is 1. The Morgan fingerprint density at radius 1 is 1.33 bits per heavy atom. The fourth-order valence-electron chi connectivity index (χ4n) is 1.33. The minimum absolute atomic E-state index is 0.328. The first-order chi connectivity index (χ1) is 10.1. The molecule has 114 valence electrons. The van der Waals surface area contributed by atoms with Crippen molar-refractivity contribution in [1.82, 2.24) is 10.6 Å². The molecule has 1 aromatic rings. The number of hydrogen-bond acceptors (Lipinski definition) is 4. The Kier molecular flexibility index (Phi) is 7.89. The van der Waals surface area contributed by atoms with Crippen molar-refractivity contribution in [3.05, 3.63) is 34.9 Å². The van der Waals surface area contributed by atoms with Crippen LogP contribution in [0.3, 0.4) is 0 Å². The summed E-state index contributed by atoms with van der Waals surface area (Å²) < 4.78 is 0. The Morgan fingerprint density at radius 3 is 2.71 bits per heavy atom. The van der Waals surface area contributed by atoms with Crippen LogP contribution in [0.15, 0.2) is 29.4 Å². The molecule has 7 heteroatoms. The maximum atomic E-state index is 11.4. The van der Waals surface area contributed by atoms with Crippen molar-refractivity contribution in [3.8, 4) is 0 Å². The number of imide groups is 1. The molecular weight excluding hydrogens is 294 g/mol. The molecule has 1 rings (SSSR count). The first-order valence-electron chi connectivity index (χ1n) is 6.60. The van der Waals surface area contributed by atoms with Gasteiger partial charge in [-0.05, 0) is 24.1 Å². The number of hydrogen-bond donors (Lipinski definition) is 2. The fraction of sp³-hybridized carbons (Fsp3) is 0.357. The summed E-state index contributed by atoms with van der Waals surface area (Å²) >= 11 is 5.74. The van der Waals surface area contributed by atoms with Gasteiger partial charge in [-0.15, -0.1) is 0 Å². The molecule has 0 aromatic heterocycles. The molecule has 0 atom stereocenters. The number of unbranched alkanes of at least 4 members (excludes halogenated alkanes) is 1. The Bertz CT molecular complexity index is 489. The van der Waals surface area contributed by atoms with E-state index in [9.17, 15) is 9.59 Å². The predicted molar refractivity (Wildman–Crippen MR) is 81.4 cm³/mol. The van der Waals surface area contributed by atoms with E-state index in [1.54, 1.807) is 24.3 Å². The topological polar surface area (TPSA) is 79.8 Å². The van der Waals surface area contributed by atoms with Gasteiger partial charge < -0.3 is 10.2 Å². The summed E-state index contributed by atoms with van der Waals surface area (Å²) in [5, 5.41) is 8.96. The minimum Gasteiger partial charge on any atom is -0.386 e. The number of rotatable bonds is 7. The van der Waals surface area contributed by atoms with E-state index in [0.717, 1.165) is 18.4 Å². The predicted octanol–water partition coefficient (Wildman–Crippen LogP) is 2.32. The lowest BCUT2D eigenvalue weighted by Crippen LogP contribution is -2.41. The molecule has 0 bridgehead atoms. The zero-order chi connectivity index (χ0) is 15.5. The van der Waals surface area contributed by atoms with Crippen molar-refractivity contribution in [2.75, 3.05) is 13.2 Å². The highest BCUT2D eigenvalue weighted by Gasteiger charge is 2.06. The lowest BCUT2D eigenvalue weighted by Gasteiger charge is -2.05. The number of carbonyl (C=O) groups excluding carboxylic acids is 2. The molecule has 0 aliphatic heterocycles. The first-order valence-corrected chi connectivity index (χ1v) is 6.98. The Morgan fingerprint density at radius 2 is 2.05 bits per heavy atom. The normalized spacial score (nSPS) is 10.4. The highest BCUT2D eigenvalue weighted by atomic mass is 35.5. The van der Waals surface area contributed by atoms with Crippen molar-refractivity contribution in [1.29, 1.82) is 0 Å². The molecule has 0 saturated heterocycles. The van der Waals surface area contributed by atoms with Crippen LogP contribution in [0.5, 0.6) is 0 Å². The van der Waals surface area contributed by atoms with Crippen LogP contribution >= 0.6 is 11.6 Å². The summed E-state index contributed by atoms with van der Waals surface area (Å²) in [5.74, 6) is -0.558. The first kappa shape index (κ1) is 17.0. The van der Waals surface area contributed by atoms with Crippen molar-refractivity contribution >= 4 is 29.8 Å². The maximum Gasteiger partial charge on any atom is 0.321 e. The zero-order valence-electron chi connectivity index (χ0n) is 11.8.